The van der Waals surface area contributed by atoms with Crippen LogP contribution in [-0.2, 0) is 0 Å². The number of anilines is 2. The highest BCUT2D eigenvalue weighted by atomic mass is 16.5. The van der Waals surface area contributed by atoms with Crippen molar-refractivity contribution in [1.29, 1.82) is 0 Å². The van der Waals surface area contributed by atoms with Gasteiger partial charge in [-0.25, -0.2) is 4.98 Å². The molecule has 0 fully saturated rings. The van der Waals surface area contributed by atoms with Crippen molar-refractivity contribution >= 4 is 11.5 Å². The van der Waals surface area contributed by atoms with E-state index < -0.39 is 0 Å². The maximum atomic E-state index is 6.07. The van der Waals surface area contributed by atoms with E-state index in [9.17, 15) is 0 Å². The lowest BCUT2D eigenvalue weighted by Gasteiger charge is -2.27. The molecule has 0 aliphatic heterocycles. The van der Waals surface area contributed by atoms with Crippen LogP contribution in [0.3, 0.4) is 0 Å². The molecule has 5 heteroatoms. The molecule has 0 bridgehead atoms. The van der Waals surface area contributed by atoms with Crippen LogP contribution >= 0.6 is 0 Å². The molecule has 5 nitrogen and oxygen atoms in total. The first-order chi connectivity index (χ1) is 8.47. The molecule has 0 amide bonds. The molecule has 2 N–H and O–H groups in total. The van der Waals surface area contributed by atoms with Crippen molar-refractivity contribution in [2.24, 2.45) is 0 Å². The summed E-state index contributed by atoms with van der Waals surface area (Å²) >= 11 is 0. The van der Waals surface area contributed by atoms with Crippen molar-refractivity contribution in [2.45, 2.75) is 52.7 Å². The van der Waals surface area contributed by atoms with Gasteiger partial charge in [0.15, 0.2) is 5.82 Å². The zero-order valence-electron chi connectivity index (χ0n) is 12.0. The largest absolute Gasteiger partial charge is 0.473 e. The number of aromatic nitrogens is 2. The van der Waals surface area contributed by atoms with Crippen molar-refractivity contribution in [3.8, 4) is 5.88 Å². The van der Waals surface area contributed by atoms with E-state index in [-0.39, 0.29) is 6.10 Å². The molecule has 1 aromatic rings. The second kappa shape index (κ2) is 6.42. The Balaban J connectivity index is 2.95. The Kier molecular flexibility index (Phi) is 5.19. The molecule has 0 aromatic carbocycles. The van der Waals surface area contributed by atoms with Crippen LogP contribution in [0.4, 0.5) is 11.5 Å². The third-order valence-corrected chi connectivity index (χ3v) is 2.88. The highest BCUT2D eigenvalue weighted by Gasteiger charge is 2.17. The van der Waals surface area contributed by atoms with E-state index in [0.717, 1.165) is 18.7 Å². The molecule has 18 heavy (non-hydrogen) atoms. The molecule has 0 aliphatic rings. The van der Waals surface area contributed by atoms with Crippen LogP contribution in [0.15, 0.2) is 6.33 Å². The lowest BCUT2D eigenvalue weighted by Crippen LogP contribution is -2.30. The monoisotopic (exact) mass is 252 g/mol. The van der Waals surface area contributed by atoms with Crippen LogP contribution in [0.2, 0.25) is 0 Å². The summed E-state index contributed by atoms with van der Waals surface area (Å²) in [5.41, 5.74) is 6.59. The average molecular weight is 252 g/mol. The number of hydrogen-bond donors (Lipinski definition) is 1. The Morgan fingerprint density at radius 2 is 2.00 bits per heavy atom. The summed E-state index contributed by atoms with van der Waals surface area (Å²) in [6.45, 7) is 8.23. The van der Waals surface area contributed by atoms with Gasteiger partial charge in [0.05, 0.1) is 6.10 Å². The predicted octanol–water partition coefficient (Wildman–Crippen LogP) is 2.47. The first-order valence-electron chi connectivity index (χ1n) is 6.47. The van der Waals surface area contributed by atoms with Gasteiger partial charge < -0.3 is 15.4 Å². The summed E-state index contributed by atoms with van der Waals surface area (Å²) in [4.78, 5) is 10.4. The summed E-state index contributed by atoms with van der Waals surface area (Å²) in [7, 11) is 2.00. The molecule has 0 saturated carbocycles. The van der Waals surface area contributed by atoms with Gasteiger partial charge in [-0.1, -0.05) is 13.3 Å². The molecule has 0 spiro atoms. The minimum atomic E-state index is 0.0495. The van der Waals surface area contributed by atoms with Crippen molar-refractivity contribution < 1.29 is 4.74 Å². The van der Waals surface area contributed by atoms with Crippen molar-refractivity contribution in [1.82, 2.24) is 9.97 Å². The SMILES string of the molecule is CCCC(C)N(C)c1ncnc(OC(C)C)c1N. The molecular formula is C13H24N4O. The van der Waals surface area contributed by atoms with Gasteiger partial charge in [0.25, 0.3) is 0 Å². The van der Waals surface area contributed by atoms with E-state index in [4.69, 9.17) is 10.5 Å². The van der Waals surface area contributed by atoms with Crippen LogP contribution in [0.25, 0.3) is 0 Å². The van der Waals surface area contributed by atoms with E-state index in [1.807, 2.05) is 20.9 Å². The molecular weight excluding hydrogens is 228 g/mol. The normalized spacial score (nSPS) is 12.6. The van der Waals surface area contributed by atoms with Gasteiger partial charge in [-0.05, 0) is 27.2 Å². The number of nitrogens with two attached hydrogens (primary N) is 1. The topological polar surface area (TPSA) is 64.3 Å². The smallest absolute Gasteiger partial charge is 0.242 e. The zero-order valence-corrected chi connectivity index (χ0v) is 12.0. The van der Waals surface area contributed by atoms with E-state index in [1.165, 1.54) is 6.33 Å². The number of rotatable bonds is 6. The van der Waals surface area contributed by atoms with Gasteiger partial charge in [-0.3, -0.25) is 0 Å². The van der Waals surface area contributed by atoms with Gasteiger partial charge in [-0.2, -0.15) is 4.98 Å². The molecule has 1 aromatic heterocycles. The van der Waals surface area contributed by atoms with E-state index >= 15 is 0 Å². The summed E-state index contributed by atoms with van der Waals surface area (Å²) in [6, 6.07) is 0.388. The lowest BCUT2D eigenvalue weighted by atomic mass is 10.2. The second-order valence-electron chi connectivity index (χ2n) is 4.83. The summed E-state index contributed by atoms with van der Waals surface area (Å²) in [6.07, 6.45) is 3.78. The first kappa shape index (κ1) is 14.5. The third-order valence-electron chi connectivity index (χ3n) is 2.88. The molecule has 1 atom stereocenters. The van der Waals surface area contributed by atoms with E-state index in [2.05, 4.69) is 28.7 Å². The molecule has 0 aliphatic carbocycles. The second-order valence-corrected chi connectivity index (χ2v) is 4.83. The average Bonchev–Trinajstić information content (AvgIpc) is 2.31. The maximum absolute atomic E-state index is 6.07. The van der Waals surface area contributed by atoms with Gasteiger partial charge in [0.2, 0.25) is 5.88 Å². The summed E-state index contributed by atoms with van der Waals surface area (Å²) in [5, 5.41) is 0. The molecule has 1 heterocycles. The summed E-state index contributed by atoms with van der Waals surface area (Å²) in [5.74, 6) is 1.20. The molecule has 102 valence electrons. The van der Waals surface area contributed by atoms with E-state index in [1.54, 1.807) is 0 Å². The minimum Gasteiger partial charge on any atom is -0.473 e. The Morgan fingerprint density at radius 1 is 1.33 bits per heavy atom. The zero-order chi connectivity index (χ0) is 13.7. The minimum absolute atomic E-state index is 0.0495. The first-order valence-corrected chi connectivity index (χ1v) is 6.47. The van der Waals surface area contributed by atoms with Crippen LogP contribution in [0, 0.1) is 0 Å². The Labute approximate surface area is 109 Å². The van der Waals surface area contributed by atoms with Crippen molar-refractivity contribution in [3.05, 3.63) is 6.33 Å². The Hall–Kier alpha value is -1.52. The fourth-order valence-electron chi connectivity index (χ4n) is 1.79. The van der Waals surface area contributed by atoms with Crippen LogP contribution < -0.4 is 15.4 Å². The maximum Gasteiger partial charge on any atom is 0.242 e. The fourth-order valence-corrected chi connectivity index (χ4v) is 1.79. The molecule has 1 unspecified atom stereocenters. The van der Waals surface area contributed by atoms with E-state index in [0.29, 0.717) is 17.6 Å². The van der Waals surface area contributed by atoms with Crippen LogP contribution in [0.1, 0.15) is 40.5 Å². The van der Waals surface area contributed by atoms with Crippen molar-refractivity contribution in [3.63, 3.8) is 0 Å². The standard InChI is InChI=1S/C13H24N4O/c1-6-7-10(4)17(5)12-11(14)13(16-8-15-12)18-9(2)3/h8-10H,6-7,14H2,1-5H3. The van der Waals surface area contributed by atoms with Gasteiger partial charge >= 0.3 is 0 Å². The fraction of sp³-hybridized carbons (Fsp3) is 0.692. The summed E-state index contributed by atoms with van der Waals surface area (Å²) < 4.78 is 5.57. The van der Waals surface area contributed by atoms with Gasteiger partial charge in [0, 0.05) is 13.1 Å². The Bertz CT molecular complexity index is 381. The highest BCUT2D eigenvalue weighted by molar-refractivity contribution is 5.67. The Morgan fingerprint density at radius 3 is 2.56 bits per heavy atom. The number of nitrogens with zero attached hydrogens (tertiary/aromatic N) is 3. The molecule has 0 saturated heterocycles. The van der Waals surface area contributed by atoms with Crippen LogP contribution in [-0.4, -0.2) is 29.2 Å². The number of hydrogen-bond acceptors (Lipinski definition) is 5. The predicted molar refractivity (Wildman–Crippen MR) is 75.0 cm³/mol. The molecule has 0 radical (unpaired) electrons. The van der Waals surface area contributed by atoms with Crippen LogP contribution in [0.5, 0.6) is 5.88 Å². The number of nitrogen functional groups attached to an aromatic ring is 1. The highest BCUT2D eigenvalue weighted by Crippen LogP contribution is 2.29. The van der Waals surface area contributed by atoms with Gasteiger partial charge in [0.1, 0.15) is 12.0 Å². The molecule has 1 rings (SSSR count). The lowest BCUT2D eigenvalue weighted by molar-refractivity contribution is 0.234. The van der Waals surface area contributed by atoms with Gasteiger partial charge in [-0.15, -0.1) is 0 Å². The number of ether oxygens (including phenoxy) is 1. The van der Waals surface area contributed by atoms with Crippen molar-refractivity contribution in [2.75, 3.05) is 17.7 Å². The third kappa shape index (κ3) is 3.48. The quantitative estimate of drug-likeness (QED) is 0.842.